The van der Waals surface area contributed by atoms with Crippen LogP contribution in [0.15, 0.2) is 15.3 Å². The van der Waals surface area contributed by atoms with Crippen molar-refractivity contribution in [1.29, 1.82) is 0 Å². The Kier molecular flexibility index (Phi) is 3.91. The van der Waals surface area contributed by atoms with Crippen molar-refractivity contribution in [3.63, 3.8) is 0 Å². The molecule has 0 N–H and O–H groups in total. The Balaban J connectivity index is 0.000000810. The Hall–Kier alpha value is -1.08. The standard InChI is InChI=1S/C17H14O6.Ca.2H/c1-20-10-6-11-14(8-4-5-21-17(8)22-11)15-13(10)7-2-3-9(18)12(7)16(19)23-15;;;/h6,8,17H,2-5H2,1H3;;;/q;+2;2*-1. The maximum atomic E-state index is 12.3. The summed E-state index contributed by atoms with van der Waals surface area (Å²) in [4.78, 5) is 24.3. The molecule has 7 heteroatoms. The molecule has 1 fully saturated rings. The predicted octanol–water partition coefficient (Wildman–Crippen LogP) is 2.00. The van der Waals surface area contributed by atoms with Crippen LogP contribution in [-0.4, -0.2) is 63.5 Å². The molecule has 1 aromatic carbocycles. The van der Waals surface area contributed by atoms with E-state index in [2.05, 4.69) is 0 Å². The molecule has 24 heavy (non-hydrogen) atoms. The number of methoxy groups -OCH3 is 1. The van der Waals surface area contributed by atoms with Crippen LogP contribution in [-0.2, 0) is 11.2 Å². The topological polar surface area (TPSA) is 75.0 Å². The first-order valence-corrected chi connectivity index (χ1v) is 7.71. The number of hydrogen-bond acceptors (Lipinski definition) is 6. The second kappa shape index (κ2) is 5.73. The Morgan fingerprint density at radius 3 is 2.92 bits per heavy atom. The number of fused-ring (bicyclic) bond motifs is 7. The van der Waals surface area contributed by atoms with Gasteiger partial charge in [0.25, 0.3) is 0 Å². The third kappa shape index (κ3) is 2.03. The third-order valence-electron chi connectivity index (χ3n) is 5.00. The number of carbonyl (C=O) groups excluding carboxylic acids is 1. The van der Waals surface area contributed by atoms with E-state index in [1.165, 1.54) is 0 Å². The van der Waals surface area contributed by atoms with Gasteiger partial charge < -0.3 is 21.5 Å². The third-order valence-corrected chi connectivity index (χ3v) is 5.00. The summed E-state index contributed by atoms with van der Waals surface area (Å²) in [5.74, 6) is 1.10. The fraction of sp³-hybridized carbons (Fsp3) is 0.412. The molecule has 2 atom stereocenters. The summed E-state index contributed by atoms with van der Waals surface area (Å²) in [6.45, 7) is 0.621. The van der Waals surface area contributed by atoms with Gasteiger partial charge in [0.15, 0.2) is 5.78 Å². The van der Waals surface area contributed by atoms with Crippen LogP contribution < -0.4 is 15.1 Å². The van der Waals surface area contributed by atoms with Crippen LogP contribution in [0.5, 0.6) is 11.5 Å². The van der Waals surface area contributed by atoms with E-state index >= 15 is 0 Å². The molecule has 0 amide bonds. The first-order valence-electron chi connectivity index (χ1n) is 7.71. The van der Waals surface area contributed by atoms with Crippen molar-refractivity contribution in [2.45, 2.75) is 31.5 Å². The molecule has 122 valence electrons. The van der Waals surface area contributed by atoms with E-state index < -0.39 is 5.63 Å². The molecule has 0 bridgehead atoms. The normalized spacial score (nSPS) is 23.5. The zero-order valence-electron chi connectivity index (χ0n) is 15.2. The minimum atomic E-state index is -0.562. The molecule has 3 heterocycles. The van der Waals surface area contributed by atoms with Crippen molar-refractivity contribution in [1.82, 2.24) is 0 Å². The second-order valence-corrected chi connectivity index (χ2v) is 6.11. The van der Waals surface area contributed by atoms with Crippen molar-refractivity contribution in [3.8, 4) is 11.5 Å². The number of Topliss-reactive ketones (excluding diaryl/α,β-unsaturated/α-hetero) is 1. The van der Waals surface area contributed by atoms with Gasteiger partial charge in [-0.1, -0.05) is 0 Å². The summed E-state index contributed by atoms with van der Waals surface area (Å²) in [5, 5.41) is 0.725. The Morgan fingerprint density at radius 2 is 2.12 bits per heavy atom. The number of benzene rings is 1. The SMILES string of the molecule is COc1cc2c(c3oc(=O)c4c(c13)CCC4=O)C1CCOC1O2.[Ca+2].[H-].[H-]. The Morgan fingerprint density at radius 1 is 1.29 bits per heavy atom. The van der Waals surface area contributed by atoms with E-state index in [1.54, 1.807) is 7.11 Å². The number of aryl methyl sites for hydroxylation is 1. The minimum absolute atomic E-state index is 0. The number of carbonyl (C=O) groups is 1. The molecule has 2 aromatic rings. The van der Waals surface area contributed by atoms with Crippen LogP contribution in [0, 0.1) is 0 Å². The molecule has 0 radical (unpaired) electrons. The molecule has 3 aliphatic rings. The van der Waals surface area contributed by atoms with Crippen molar-refractivity contribution in [3.05, 3.63) is 33.2 Å². The summed E-state index contributed by atoms with van der Waals surface area (Å²) in [6.07, 6.45) is 1.36. The first-order chi connectivity index (χ1) is 11.2. The predicted molar refractivity (Wildman–Crippen MR) is 87.4 cm³/mol. The van der Waals surface area contributed by atoms with Crippen molar-refractivity contribution < 1.29 is 26.3 Å². The van der Waals surface area contributed by atoms with Gasteiger partial charge in [0.05, 0.1) is 25.0 Å². The Labute approximate surface area is 170 Å². The molecule has 1 aliphatic carbocycles. The van der Waals surface area contributed by atoms with Crippen molar-refractivity contribution >= 4 is 54.5 Å². The van der Waals surface area contributed by atoms with Crippen LogP contribution in [0.3, 0.4) is 0 Å². The number of ether oxygens (including phenoxy) is 3. The average Bonchev–Trinajstić information content (AvgIpc) is 3.20. The van der Waals surface area contributed by atoms with E-state index in [-0.39, 0.29) is 64.1 Å². The van der Waals surface area contributed by atoms with Crippen LogP contribution in [0.25, 0.3) is 11.0 Å². The maximum Gasteiger partial charge on any atom is 2.00 e. The van der Waals surface area contributed by atoms with E-state index in [4.69, 9.17) is 18.6 Å². The number of rotatable bonds is 1. The van der Waals surface area contributed by atoms with Crippen molar-refractivity contribution in [2.75, 3.05) is 13.7 Å². The van der Waals surface area contributed by atoms with Crippen LogP contribution in [0.2, 0.25) is 0 Å². The van der Waals surface area contributed by atoms with E-state index in [0.717, 1.165) is 22.9 Å². The summed E-state index contributed by atoms with van der Waals surface area (Å²) < 4.78 is 22.5. The molecular weight excluding hydrogens is 340 g/mol. The van der Waals surface area contributed by atoms with Crippen LogP contribution >= 0.6 is 0 Å². The molecular formula is C17H16CaO6. The second-order valence-electron chi connectivity index (χ2n) is 6.11. The molecule has 0 saturated carbocycles. The molecule has 5 rings (SSSR count). The first kappa shape index (κ1) is 16.4. The van der Waals surface area contributed by atoms with Gasteiger partial charge in [-0.2, -0.15) is 0 Å². The number of hydrogen-bond donors (Lipinski definition) is 0. The zero-order chi connectivity index (χ0) is 15.7. The monoisotopic (exact) mass is 356 g/mol. The summed E-state index contributed by atoms with van der Waals surface area (Å²) >= 11 is 0. The molecule has 6 nitrogen and oxygen atoms in total. The van der Waals surface area contributed by atoms with Gasteiger partial charge in [-0.3, -0.25) is 4.79 Å². The molecule has 1 saturated heterocycles. The van der Waals surface area contributed by atoms with E-state index in [0.29, 0.717) is 36.5 Å². The van der Waals surface area contributed by atoms with E-state index in [1.807, 2.05) is 6.07 Å². The van der Waals surface area contributed by atoms with Gasteiger partial charge in [-0.25, -0.2) is 4.79 Å². The van der Waals surface area contributed by atoms with Crippen molar-refractivity contribution in [2.24, 2.45) is 0 Å². The maximum absolute atomic E-state index is 12.3. The fourth-order valence-electron chi connectivity index (χ4n) is 4.00. The molecule has 2 unspecified atom stereocenters. The summed E-state index contributed by atoms with van der Waals surface area (Å²) in [5.41, 5.74) is 1.70. The zero-order valence-corrected chi connectivity index (χ0v) is 15.4. The quantitative estimate of drug-likeness (QED) is 0.575. The van der Waals surface area contributed by atoms with Gasteiger partial charge >= 0.3 is 43.4 Å². The van der Waals surface area contributed by atoms with Crippen LogP contribution in [0.1, 0.15) is 43.1 Å². The molecule has 0 spiro atoms. The van der Waals surface area contributed by atoms with Gasteiger partial charge in [0.1, 0.15) is 22.6 Å². The van der Waals surface area contributed by atoms with Gasteiger partial charge in [0, 0.05) is 18.1 Å². The minimum Gasteiger partial charge on any atom is -1.00 e. The van der Waals surface area contributed by atoms with E-state index in [9.17, 15) is 9.59 Å². The fourth-order valence-corrected chi connectivity index (χ4v) is 4.00. The molecule has 1 aromatic heterocycles. The largest absolute Gasteiger partial charge is 2.00 e. The van der Waals surface area contributed by atoms with Crippen LogP contribution in [0.4, 0.5) is 0 Å². The van der Waals surface area contributed by atoms with Gasteiger partial charge in [0.2, 0.25) is 6.29 Å². The summed E-state index contributed by atoms with van der Waals surface area (Å²) in [7, 11) is 1.56. The van der Waals surface area contributed by atoms with Gasteiger partial charge in [-0.15, -0.1) is 0 Å². The summed E-state index contributed by atoms with van der Waals surface area (Å²) in [6, 6.07) is 1.81. The van der Waals surface area contributed by atoms with Gasteiger partial charge in [-0.05, 0) is 18.4 Å². The smallest absolute Gasteiger partial charge is 1.00 e. The average molecular weight is 356 g/mol. The number of ketones is 1. The Bertz CT molecular complexity index is 941. The molecule has 2 aliphatic heterocycles.